The molecule has 2 heterocycles. The number of furan rings is 1. The molecule has 204 valence electrons. The van der Waals surface area contributed by atoms with Gasteiger partial charge in [-0.15, -0.1) is 0 Å². The van der Waals surface area contributed by atoms with E-state index in [1.165, 1.54) is 16.7 Å². The van der Waals surface area contributed by atoms with Crippen LogP contribution in [0.3, 0.4) is 0 Å². The standard InChI is InChI=1S/C34H23N3O5/c1-22-20-23(10-12-24-6-5-7-25-21-27(41-2)13-16-28(24)25)11-17-31(22)36-32(18-14-26-15-19-33(42-26)37(39)40)35-30-9-4-3-8-29(30)34(36)38/h3-9,11,13-21H,1-2H3/b18-14+. The molecule has 0 fully saturated rings. The fourth-order valence-corrected chi connectivity index (χ4v) is 4.80. The van der Waals surface area contributed by atoms with Gasteiger partial charge in [0.1, 0.15) is 22.3 Å². The van der Waals surface area contributed by atoms with Gasteiger partial charge in [-0.05, 0) is 96.1 Å². The van der Waals surface area contributed by atoms with E-state index in [9.17, 15) is 14.9 Å². The second-order valence-corrected chi connectivity index (χ2v) is 9.54. The van der Waals surface area contributed by atoms with Crippen LogP contribution in [0.1, 0.15) is 28.3 Å². The Morgan fingerprint density at radius 1 is 0.929 bits per heavy atom. The van der Waals surface area contributed by atoms with Crippen molar-refractivity contribution in [2.24, 2.45) is 0 Å². The summed E-state index contributed by atoms with van der Waals surface area (Å²) in [4.78, 5) is 28.8. The zero-order valence-corrected chi connectivity index (χ0v) is 22.7. The van der Waals surface area contributed by atoms with E-state index in [0.29, 0.717) is 22.4 Å². The molecule has 8 heteroatoms. The first-order chi connectivity index (χ1) is 20.4. The van der Waals surface area contributed by atoms with Gasteiger partial charge in [-0.3, -0.25) is 19.5 Å². The molecule has 0 radical (unpaired) electrons. The fourth-order valence-electron chi connectivity index (χ4n) is 4.80. The maximum Gasteiger partial charge on any atom is 0.433 e. The van der Waals surface area contributed by atoms with E-state index < -0.39 is 4.92 Å². The van der Waals surface area contributed by atoms with Gasteiger partial charge < -0.3 is 9.15 Å². The summed E-state index contributed by atoms with van der Waals surface area (Å²) < 4.78 is 12.1. The summed E-state index contributed by atoms with van der Waals surface area (Å²) in [5.74, 6) is 7.58. The van der Waals surface area contributed by atoms with Crippen LogP contribution >= 0.6 is 0 Å². The molecule has 6 aromatic rings. The summed E-state index contributed by atoms with van der Waals surface area (Å²) in [5.41, 5.74) is 3.47. The number of aromatic nitrogens is 2. The van der Waals surface area contributed by atoms with Crippen molar-refractivity contribution in [1.82, 2.24) is 9.55 Å². The molecule has 2 aromatic heterocycles. The van der Waals surface area contributed by atoms with Crippen LogP contribution in [0.4, 0.5) is 5.88 Å². The van der Waals surface area contributed by atoms with Gasteiger partial charge in [-0.25, -0.2) is 4.98 Å². The smallest absolute Gasteiger partial charge is 0.433 e. The molecular weight excluding hydrogens is 530 g/mol. The summed E-state index contributed by atoms with van der Waals surface area (Å²) in [7, 11) is 1.64. The number of hydrogen-bond donors (Lipinski definition) is 0. The van der Waals surface area contributed by atoms with Gasteiger partial charge >= 0.3 is 5.88 Å². The summed E-state index contributed by atoms with van der Waals surface area (Å²) in [6, 6.07) is 27.4. The predicted octanol–water partition coefficient (Wildman–Crippen LogP) is 6.93. The number of aryl methyl sites for hydroxylation is 1. The predicted molar refractivity (Wildman–Crippen MR) is 163 cm³/mol. The van der Waals surface area contributed by atoms with Gasteiger partial charge in [0.05, 0.1) is 29.8 Å². The molecule has 4 aromatic carbocycles. The number of para-hydroxylation sites is 1. The van der Waals surface area contributed by atoms with Crippen molar-refractivity contribution in [1.29, 1.82) is 0 Å². The molecule has 0 bridgehead atoms. The molecule has 0 atom stereocenters. The summed E-state index contributed by atoms with van der Waals surface area (Å²) in [5, 5.41) is 13.6. The highest BCUT2D eigenvalue weighted by molar-refractivity contribution is 5.89. The van der Waals surface area contributed by atoms with Gasteiger partial charge in [0.25, 0.3) is 5.56 Å². The van der Waals surface area contributed by atoms with Crippen LogP contribution in [-0.2, 0) is 0 Å². The Labute approximate surface area is 240 Å². The highest BCUT2D eigenvalue weighted by atomic mass is 16.6. The van der Waals surface area contributed by atoms with E-state index in [2.05, 4.69) is 11.8 Å². The molecule has 8 nitrogen and oxygen atoms in total. The van der Waals surface area contributed by atoms with Crippen LogP contribution in [0.25, 0.3) is 39.5 Å². The fraction of sp³-hybridized carbons (Fsp3) is 0.0588. The summed E-state index contributed by atoms with van der Waals surface area (Å²) >= 11 is 0. The SMILES string of the molecule is COc1ccc2c(C#Cc3ccc(-n4c(/C=C/c5ccc([N+](=O)[O-])o5)nc5ccccc5c4=O)c(C)c3)cccc2c1. The number of nitro groups is 1. The lowest BCUT2D eigenvalue weighted by Crippen LogP contribution is -2.23. The average Bonchev–Trinajstić information content (AvgIpc) is 3.49. The minimum atomic E-state index is -0.604. The molecule has 0 saturated carbocycles. The zero-order valence-electron chi connectivity index (χ0n) is 22.7. The Bertz CT molecular complexity index is 2160. The molecule has 0 N–H and O–H groups in total. The number of rotatable bonds is 5. The third-order valence-electron chi connectivity index (χ3n) is 6.86. The minimum Gasteiger partial charge on any atom is -0.497 e. The first-order valence-corrected chi connectivity index (χ1v) is 13.1. The van der Waals surface area contributed by atoms with Crippen molar-refractivity contribution < 1.29 is 14.1 Å². The number of methoxy groups -OCH3 is 1. The average molecular weight is 554 g/mol. The van der Waals surface area contributed by atoms with E-state index in [1.54, 1.807) is 37.5 Å². The molecule has 0 saturated heterocycles. The monoisotopic (exact) mass is 553 g/mol. The van der Waals surface area contributed by atoms with E-state index in [-0.39, 0.29) is 17.2 Å². The van der Waals surface area contributed by atoms with Crippen LogP contribution < -0.4 is 10.3 Å². The quantitative estimate of drug-likeness (QED) is 0.130. The first kappa shape index (κ1) is 26.3. The lowest BCUT2D eigenvalue weighted by molar-refractivity contribution is -0.402. The van der Waals surface area contributed by atoms with Gasteiger partial charge in [-0.1, -0.05) is 36.1 Å². The van der Waals surface area contributed by atoms with E-state index in [4.69, 9.17) is 14.1 Å². The third kappa shape index (κ3) is 5.03. The van der Waals surface area contributed by atoms with Gasteiger partial charge in [0.15, 0.2) is 0 Å². The van der Waals surface area contributed by atoms with Crippen molar-refractivity contribution in [2.45, 2.75) is 6.92 Å². The van der Waals surface area contributed by atoms with E-state index in [1.807, 2.05) is 67.6 Å². The van der Waals surface area contributed by atoms with Crippen LogP contribution in [0.5, 0.6) is 5.75 Å². The number of benzene rings is 4. The number of nitrogens with zero attached hydrogens (tertiary/aromatic N) is 3. The molecule has 0 amide bonds. The molecule has 0 spiro atoms. The second-order valence-electron chi connectivity index (χ2n) is 9.54. The van der Waals surface area contributed by atoms with E-state index >= 15 is 0 Å². The number of ether oxygens (including phenoxy) is 1. The zero-order chi connectivity index (χ0) is 29.2. The number of hydrogen-bond acceptors (Lipinski definition) is 6. The van der Waals surface area contributed by atoms with Crippen molar-refractivity contribution >= 4 is 39.7 Å². The second kappa shape index (κ2) is 10.9. The largest absolute Gasteiger partial charge is 0.497 e. The van der Waals surface area contributed by atoms with Crippen molar-refractivity contribution in [3.8, 4) is 23.3 Å². The lowest BCUT2D eigenvalue weighted by Gasteiger charge is -2.14. The van der Waals surface area contributed by atoms with Gasteiger partial charge in [0.2, 0.25) is 0 Å². The first-order valence-electron chi connectivity index (χ1n) is 13.1. The molecule has 0 aliphatic heterocycles. The Balaban J connectivity index is 1.41. The van der Waals surface area contributed by atoms with Gasteiger partial charge in [0, 0.05) is 11.1 Å². The van der Waals surface area contributed by atoms with Crippen LogP contribution in [0.15, 0.2) is 100 Å². The Morgan fingerprint density at radius 2 is 1.79 bits per heavy atom. The van der Waals surface area contributed by atoms with Crippen molar-refractivity contribution in [3.63, 3.8) is 0 Å². The van der Waals surface area contributed by atoms with Crippen LogP contribution in [0, 0.1) is 28.9 Å². The van der Waals surface area contributed by atoms with Crippen LogP contribution in [0.2, 0.25) is 0 Å². The normalized spacial score (nSPS) is 11.1. The molecular formula is C34H23N3O5. The van der Waals surface area contributed by atoms with Gasteiger partial charge in [-0.2, -0.15) is 0 Å². The van der Waals surface area contributed by atoms with E-state index in [0.717, 1.165) is 33.2 Å². The maximum absolute atomic E-state index is 13.7. The van der Waals surface area contributed by atoms with Crippen molar-refractivity contribution in [3.05, 3.63) is 140 Å². The maximum atomic E-state index is 13.7. The van der Waals surface area contributed by atoms with Crippen molar-refractivity contribution in [2.75, 3.05) is 7.11 Å². The third-order valence-corrected chi connectivity index (χ3v) is 6.86. The summed E-state index contributed by atoms with van der Waals surface area (Å²) in [6.07, 6.45) is 3.16. The molecule has 0 aliphatic rings. The molecule has 42 heavy (non-hydrogen) atoms. The summed E-state index contributed by atoms with van der Waals surface area (Å²) in [6.45, 7) is 1.91. The molecule has 0 aliphatic carbocycles. The Kier molecular flexibility index (Phi) is 6.83. The highest BCUT2D eigenvalue weighted by Gasteiger charge is 2.14. The topological polar surface area (TPSA) is 100 Å². The number of fused-ring (bicyclic) bond motifs is 2. The Morgan fingerprint density at radius 3 is 2.57 bits per heavy atom. The van der Waals surface area contributed by atoms with Crippen LogP contribution in [-0.4, -0.2) is 21.6 Å². The Hall–Kier alpha value is -5.94. The molecule has 0 unspecified atom stereocenters. The highest BCUT2D eigenvalue weighted by Crippen LogP contribution is 2.24. The lowest BCUT2D eigenvalue weighted by atomic mass is 10.0. The molecule has 6 rings (SSSR count). The minimum absolute atomic E-state index is 0.237.